The summed E-state index contributed by atoms with van der Waals surface area (Å²) in [5.74, 6) is 5.84. The highest BCUT2D eigenvalue weighted by atomic mass is 15.3. The maximum atomic E-state index is 5.84. The summed E-state index contributed by atoms with van der Waals surface area (Å²) in [5.41, 5.74) is 10.3. The van der Waals surface area contributed by atoms with Gasteiger partial charge in [-0.1, -0.05) is 19.1 Å². The van der Waals surface area contributed by atoms with E-state index < -0.39 is 0 Å². The first kappa shape index (κ1) is 14.8. The lowest BCUT2D eigenvalue weighted by atomic mass is 9.92. The Morgan fingerprint density at radius 2 is 1.80 bits per heavy atom. The molecule has 1 unspecified atom stereocenters. The summed E-state index contributed by atoms with van der Waals surface area (Å²) < 4.78 is 1.86. The molecule has 0 aliphatic heterocycles. The summed E-state index contributed by atoms with van der Waals surface area (Å²) in [6.07, 6.45) is 2.95. The van der Waals surface area contributed by atoms with Gasteiger partial charge in [-0.2, -0.15) is 5.10 Å². The predicted octanol–water partition coefficient (Wildman–Crippen LogP) is 2.46. The normalized spacial score (nSPS) is 12.7. The van der Waals surface area contributed by atoms with E-state index >= 15 is 0 Å². The molecule has 0 bridgehead atoms. The highest BCUT2D eigenvalue weighted by Crippen LogP contribution is 2.28. The highest BCUT2D eigenvalue weighted by Gasteiger charge is 2.20. The average molecular weight is 272 g/mol. The van der Waals surface area contributed by atoms with E-state index in [0.29, 0.717) is 0 Å². The molecule has 3 N–H and O–H groups in total. The maximum absolute atomic E-state index is 5.84. The molecule has 4 nitrogen and oxygen atoms in total. The Kier molecular flexibility index (Phi) is 4.26. The second-order valence-electron chi connectivity index (χ2n) is 5.45. The molecule has 2 rings (SSSR count). The molecule has 1 aromatic carbocycles. The van der Waals surface area contributed by atoms with E-state index in [1.165, 1.54) is 22.3 Å². The fourth-order valence-corrected chi connectivity index (χ4v) is 2.71. The average Bonchev–Trinajstić information content (AvgIpc) is 2.77. The van der Waals surface area contributed by atoms with Gasteiger partial charge >= 0.3 is 0 Å². The van der Waals surface area contributed by atoms with Crippen molar-refractivity contribution < 1.29 is 0 Å². The van der Waals surface area contributed by atoms with Gasteiger partial charge in [0, 0.05) is 18.8 Å². The zero-order valence-electron chi connectivity index (χ0n) is 13.0. The summed E-state index contributed by atoms with van der Waals surface area (Å²) in [5, 5.41) is 4.51. The van der Waals surface area contributed by atoms with E-state index in [4.69, 9.17) is 5.84 Å². The molecule has 4 heteroatoms. The summed E-state index contributed by atoms with van der Waals surface area (Å²) in [4.78, 5) is 0. The smallest absolute Gasteiger partial charge is 0.0746 e. The summed E-state index contributed by atoms with van der Waals surface area (Å²) in [6.45, 7) is 8.52. The number of nitrogens with zero attached hydrogens (tertiary/aromatic N) is 2. The van der Waals surface area contributed by atoms with Gasteiger partial charge in [0.05, 0.1) is 11.7 Å². The van der Waals surface area contributed by atoms with Crippen LogP contribution in [0.15, 0.2) is 18.3 Å². The van der Waals surface area contributed by atoms with Gasteiger partial charge in [-0.05, 0) is 49.4 Å². The number of benzene rings is 1. The molecule has 20 heavy (non-hydrogen) atoms. The molecular weight excluding hydrogens is 248 g/mol. The summed E-state index contributed by atoms with van der Waals surface area (Å²) in [6, 6.07) is 4.43. The lowest BCUT2D eigenvalue weighted by molar-refractivity contribution is 0.627. The lowest BCUT2D eigenvalue weighted by Crippen LogP contribution is -2.30. The number of aryl methyl sites for hydroxylation is 5. The zero-order chi connectivity index (χ0) is 14.9. The fourth-order valence-electron chi connectivity index (χ4n) is 2.71. The van der Waals surface area contributed by atoms with Crippen molar-refractivity contribution in [1.82, 2.24) is 15.2 Å². The number of rotatable bonds is 4. The molecule has 0 fully saturated rings. The van der Waals surface area contributed by atoms with E-state index in [2.05, 4.69) is 56.5 Å². The van der Waals surface area contributed by atoms with E-state index in [0.717, 1.165) is 17.7 Å². The fraction of sp³-hybridized carbons (Fsp3) is 0.438. The number of aromatic nitrogens is 2. The molecule has 1 heterocycles. The minimum absolute atomic E-state index is 0.0158. The Hall–Kier alpha value is -1.65. The first-order chi connectivity index (χ1) is 9.47. The lowest BCUT2D eigenvalue weighted by Gasteiger charge is -2.20. The van der Waals surface area contributed by atoms with Crippen molar-refractivity contribution in [3.8, 4) is 0 Å². The van der Waals surface area contributed by atoms with Crippen molar-refractivity contribution in [2.45, 2.75) is 40.2 Å². The van der Waals surface area contributed by atoms with E-state index in [1.807, 2.05) is 11.7 Å². The molecule has 108 valence electrons. The molecular formula is C16H24N4. The van der Waals surface area contributed by atoms with Crippen LogP contribution in [0.1, 0.15) is 46.5 Å². The first-order valence-corrected chi connectivity index (χ1v) is 7.04. The van der Waals surface area contributed by atoms with Crippen LogP contribution in [-0.4, -0.2) is 9.78 Å². The molecule has 1 atom stereocenters. The van der Waals surface area contributed by atoms with Crippen molar-refractivity contribution in [3.63, 3.8) is 0 Å². The van der Waals surface area contributed by atoms with Gasteiger partial charge in [0.15, 0.2) is 0 Å². The van der Waals surface area contributed by atoms with E-state index in [9.17, 15) is 0 Å². The van der Waals surface area contributed by atoms with Crippen LogP contribution in [0.3, 0.4) is 0 Å². The Morgan fingerprint density at radius 1 is 1.15 bits per heavy atom. The molecule has 2 aromatic rings. The summed E-state index contributed by atoms with van der Waals surface area (Å²) >= 11 is 0. The minimum atomic E-state index is -0.0158. The quantitative estimate of drug-likeness (QED) is 0.664. The van der Waals surface area contributed by atoms with Crippen LogP contribution in [-0.2, 0) is 13.5 Å². The first-order valence-electron chi connectivity index (χ1n) is 7.04. The van der Waals surface area contributed by atoms with Crippen LogP contribution in [0.2, 0.25) is 0 Å². The molecule has 0 aliphatic rings. The largest absolute Gasteiger partial charge is 0.275 e. The Bertz CT molecular complexity index is 613. The van der Waals surface area contributed by atoms with Crippen molar-refractivity contribution in [2.24, 2.45) is 12.9 Å². The van der Waals surface area contributed by atoms with Gasteiger partial charge in [0.1, 0.15) is 0 Å². The Balaban J connectivity index is 2.55. The van der Waals surface area contributed by atoms with E-state index in [-0.39, 0.29) is 6.04 Å². The van der Waals surface area contributed by atoms with Crippen LogP contribution in [0, 0.1) is 20.8 Å². The van der Waals surface area contributed by atoms with Gasteiger partial charge in [0.2, 0.25) is 0 Å². The van der Waals surface area contributed by atoms with Crippen molar-refractivity contribution >= 4 is 0 Å². The van der Waals surface area contributed by atoms with Crippen molar-refractivity contribution in [2.75, 3.05) is 0 Å². The van der Waals surface area contributed by atoms with Crippen molar-refractivity contribution in [1.29, 1.82) is 0 Å². The summed E-state index contributed by atoms with van der Waals surface area (Å²) in [7, 11) is 1.95. The van der Waals surface area contributed by atoms with Crippen LogP contribution in [0.4, 0.5) is 0 Å². The standard InChI is InChI=1S/C16H24N4/c1-6-15-14(9-20(5)19-15)16(18-17)13-8-11(3)10(2)7-12(13)4/h7-9,16,18H,6,17H2,1-5H3. The third-order valence-electron chi connectivity index (χ3n) is 3.94. The number of hydrazine groups is 1. The minimum Gasteiger partial charge on any atom is -0.275 e. The Morgan fingerprint density at radius 3 is 2.40 bits per heavy atom. The van der Waals surface area contributed by atoms with Gasteiger partial charge in [-0.3, -0.25) is 10.5 Å². The topological polar surface area (TPSA) is 55.9 Å². The van der Waals surface area contributed by atoms with Crippen molar-refractivity contribution in [3.05, 3.63) is 51.8 Å². The maximum Gasteiger partial charge on any atom is 0.0746 e. The second-order valence-corrected chi connectivity index (χ2v) is 5.45. The number of hydrogen-bond donors (Lipinski definition) is 2. The monoisotopic (exact) mass is 272 g/mol. The van der Waals surface area contributed by atoms with Crippen LogP contribution >= 0.6 is 0 Å². The number of nitrogens with two attached hydrogens (primary N) is 1. The van der Waals surface area contributed by atoms with Gasteiger partial charge < -0.3 is 0 Å². The van der Waals surface area contributed by atoms with Crippen LogP contribution in [0.5, 0.6) is 0 Å². The molecule has 0 saturated heterocycles. The molecule has 0 amide bonds. The third-order valence-corrected chi connectivity index (χ3v) is 3.94. The van der Waals surface area contributed by atoms with E-state index in [1.54, 1.807) is 0 Å². The highest BCUT2D eigenvalue weighted by molar-refractivity contribution is 5.43. The predicted molar refractivity (Wildman–Crippen MR) is 82.4 cm³/mol. The zero-order valence-corrected chi connectivity index (χ0v) is 13.0. The molecule has 1 aromatic heterocycles. The second kappa shape index (κ2) is 5.77. The molecule has 0 aliphatic carbocycles. The Labute approximate surface area is 121 Å². The SMILES string of the molecule is CCc1nn(C)cc1C(NN)c1cc(C)c(C)cc1C. The molecule has 0 spiro atoms. The van der Waals surface area contributed by atoms with Crippen LogP contribution in [0.25, 0.3) is 0 Å². The molecule has 0 saturated carbocycles. The van der Waals surface area contributed by atoms with Crippen LogP contribution < -0.4 is 11.3 Å². The molecule has 0 radical (unpaired) electrons. The third kappa shape index (κ3) is 2.62. The number of nitrogens with one attached hydrogen (secondary N) is 1. The van der Waals surface area contributed by atoms with Gasteiger partial charge in [-0.25, -0.2) is 5.43 Å². The van der Waals surface area contributed by atoms with Gasteiger partial charge in [-0.15, -0.1) is 0 Å². The number of hydrogen-bond acceptors (Lipinski definition) is 3. The van der Waals surface area contributed by atoms with Gasteiger partial charge in [0.25, 0.3) is 0 Å².